The number of amides is 1. The van der Waals surface area contributed by atoms with E-state index in [1.807, 2.05) is 0 Å². The van der Waals surface area contributed by atoms with E-state index in [1.54, 1.807) is 6.92 Å². The smallest absolute Gasteiger partial charge is 0.269 e. The molecular formula is C17H14F2N2O3. The maximum Gasteiger partial charge on any atom is 0.269 e. The fraction of sp³-hybridized carbons (Fsp3) is 0.118. The maximum atomic E-state index is 13.2. The highest BCUT2D eigenvalue weighted by Gasteiger charge is 2.10. The van der Waals surface area contributed by atoms with Gasteiger partial charge in [0, 0.05) is 18.2 Å². The van der Waals surface area contributed by atoms with Crippen LogP contribution >= 0.6 is 0 Å². The van der Waals surface area contributed by atoms with Crippen molar-refractivity contribution in [3.63, 3.8) is 0 Å². The number of halogens is 2. The van der Waals surface area contributed by atoms with Crippen molar-refractivity contribution >= 4 is 17.7 Å². The van der Waals surface area contributed by atoms with Gasteiger partial charge in [0.15, 0.2) is 11.6 Å². The van der Waals surface area contributed by atoms with Crippen molar-refractivity contribution in [1.29, 1.82) is 0 Å². The second kappa shape index (κ2) is 7.45. The van der Waals surface area contributed by atoms with Gasteiger partial charge in [0.25, 0.3) is 5.69 Å². The van der Waals surface area contributed by atoms with E-state index in [0.29, 0.717) is 11.1 Å². The molecule has 0 spiro atoms. The lowest BCUT2D eigenvalue weighted by atomic mass is 10.1. The number of carbonyl (C=O) groups is 1. The molecule has 1 N–H and O–H groups in total. The summed E-state index contributed by atoms with van der Waals surface area (Å²) in [6, 6.07) is 8.61. The highest BCUT2D eigenvalue weighted by molar-refractivity contribution is 5.92. The number of rotatable bonds is 5. The van der Waals surface area contributed by atoms with Crippen LogP contribution in [0, 0.1) is 21.7 Å². The average molecular weight is 332 g/mol. The van der Waals surface area contributed by atoms with E-state index in [0.717, 1.165) is 12.1 Å². The molecule has 0 aliphatic rings. The van der Waals surface area contributed by atoms with Crippen LogP contribution < -0.4 is 5.32 Å². The molecule has 124 valence electrons. The molecule has 0 fully saturated rings. The number of nitrogens with one attached hydrogen (secondary N) is 1. The van der Waals surface area contributed by atoms with Gasteiger partial charge in [0.05, 0.1) is 11.0 Å². The van der Waals surface area contributed by atoms with Gasteiger partial charge in [-0.2, -0.15) is 0 Å². The number of nitro benzene ring substituents is 1. The van der Waals surface area contributed by atoms with Gasteiger partial charge in [-0.15, -0.1) is 0 Å². The number of hydrogen-bond donors (Lipinski definition) is 1. The molecule has 0 aromatic heterocycles. The quantitative estimate of drug-likeness (QED) is 0.515. The third-order valence-corrected chi connectivity index (χ3v) is 3.33. The number of benzene rings is 2. The molecular weight excluding hydrogens is 318 g/mol. The number of non-ortho nitro benzene ring substituents is 1. The zero-order valence-electron chi connectivity index (χ0n) is 12.7. The van der Waals surface area contributed by atoms with E-state index in [-0.39, 0.29) is 5.69 Å². The Hall–Kier alpha value is -3.09. The minimum Gasteiger partial charge on any atom is -0.346 e. The van der Waals surface area contributed by atoms with Crippen LogP contribution in [0.5, 0.6) is 0 Å². The zero-order valence-corrected chi connectivity index (χ0v) is 12.7. The fourth-order valence-corrected chi connectivity index (χ4v) is 2.01. The minimum atomic E-state index is -0.977. The topological polar surface area (TPSA) is 72.2 Å². The molecule has 0 aliphatic carbocycles. The molecule has 0 aliphatic heterocycles. The van der Waals surface area contributed by atoms with Gasteiger partial charge in [-0.25, -0.2) is 8.78 Å². The van der Waals surface area contributed by atoms with Gasteiger partial charge < -0.3 is 5.32 Å². The Morgan fingerprint density at radius 2 is 1.83 bits per heavy atom. The second-order valence-electron chi connectivity index (χ2n) is 5.09. The van der Waals surface area contributed by atoms with Crippen LogP contribution in [0.1, 0.15) is 24.1 Å². The van der Waals surface area contributed by atoms with Crippen molar-refractivity contribution in [2.45, 2.75) is 13.0 Å². The van der Waals surface area contributed by atoms with E-state index < -0.39 is 28.5 Å². The second-order valence-corrected chi connectivity index (χ2v) is 5.09. The SMILES string of the molecule is CC(NC(=O)C=Cc1ccc([N+](=O)[O-])cc1)c1ccc(F)c(F)c1. The molecule has 1 atom stereocenters. The molecule has 7 heteroatoms. The Labute approximate surface area is 136 Å². The lowest BCUT2D eigenvalue weighted by Gasteiger charge is -2.13. The van der Waals surface area contributed by atoms with Gasteiger partial charge in [-0.3, -0.25) is 14.9 Å². The fourth-order valence-electron chi connectivity index (χ4n) is 2.01. The molecule has 1 amide bonds. The van der Waals surface area contributed by atoms with Crippen LogP contribution in [0.4, 0.5) is 14.5 Å². The summed E-state index contributed by atoms with van der Waals surface area (Å²) in [5, 5.41) is 13.2. The van der Waals surface area contributed by atoms with E-state index in [4.69, 9.17) is 0 Å². The van der Waals surface area contributed by atoms with E-state index in [9.17, 15) is 23.7 Å². The summed E-state index contributed by atoms with van der Waals surface area (Å²) in [5.41, 5.74) is 1.02. The van der Waals surface area contributed by atoms with E-state index in [1.165, 1.54) is 42.5 Å². The molecule has 1 unspecified atom stereocenters. The molecule has 2 aromatic rings. The first-order valence-electron chi connectivity index (χ1n) is 7.05. The molecule has 2 aromatic carbocycles. The predicted octanol–water partition coefficient (Wildman–Crippen LogP) is 3.76. The van der Waals surface area contributed by atoms with Crippen molar-refractivity contribution in [3.05, 3.63) is 81.4 Å². The molecule has 0 heterocycles. The molecule has 0 saturated carbocycles. The van der Waals surface area contributed by atoms with E-state index in [2.05, 4.69) is 5.32 Å². The largest absolute Gasteiger partial charge is 0.346 e. The minimum absolute atomic E-state index is 0.0384. The summed E-state index contributed by atoms with van der Waals surface area (Å²) in [4.78, 5) is 21.9. The molecule has 0 bridgehead atoms. The predicted molar refractivity (Wildman–Crippen MR) is 85.0 cm³/mol. The van der Waals surface area contributed by atoms with Crippen molar-refractivity contribution < 1.29 is 18.5 Å². The van der Waals surface area contributed by atoms with Crippen molar-refractivity contribution in [2.24, 2.45) is 0 Å². The summed E-state index contributed by atoms with van der Waals surface area (Å²) >= 11 is 0. The molecule has 0 saturated heterocycles. The number of hydrogen-bond acceptors (Lipinski definition) is 3. The first-order valence-corrected chi connectivity index (χ1v) is 7.05. The third-order valence-electron chi connectivity index (χ3n) is 3.33. The highest BCUT2D eigenvalue weighted by atomic mass is 19.2. The lowest BCUT2D eigenvalue weighted by molar-refractivity contribution is -0.384. The van der Waals surface area contributed by atoms with Gasteiger partial charge in [0.2, 0.25) is 5.91 Å². The Kier molecular flexibility index (Phi) is 5.36. The van der Waals surface area contributed by atoms with Crippen molar-refractivity contribution in [3.8, 4) is 0 Å². The summed E-state index contributed by atoms with van der Waals surface area (Å²) in [6.45, 7) is 1.64. The average Bonchev–Trinajstić information content (AvgIpc) is 2.55. The van der Waals surface area contributed by atoms with Gasteiger partial charge in [-0.1, -0.05) is 6.07 Å². The molecule has 0 radical (unpaired) electrons. The van der Waals surface area contributed by atoms with Crippen LogP contribution in [0.25, 0.3) is 6.08 Å². The normalized spacial score (nSPS) is 12.1. The standard InChI is InChI=1S/C17H14F2N2O3/c1-11(13-5-8-15(18)16(19)10-13)20-17(22)9-4-12-2-6-14(7-3-12)21(23)24/h2-11H,1H3,(H,20,22). The molecule has 5 nitrogen and oxygen atoms in total. The summed E-state index contributed by atoms with van der Waals surface area (Å²) in [6.07, 6.45) is 2.76. The summed E-state index contributed by atoms with van der Waals surface area (Å²) in [5.74, 6) is -2.35. The van der Waals surface area contributed by atoms with Crippen LogP contribution in [0.15, 0.2) is 48.5 Å². The number of carbonyl (C=O) groups excluding carboxylic acids is 1. The van der Waals surface area contributed by atoms with Crippen LogP contribution in [-0.2, 0) is 4.79 Å². The monoisotopic (exact) mass is 332 g/mol. The van der Waals surface area contributed by atoms with Gasteiger partial charge in [-0.05, 0) is 48.4 Å². The first-order chi connectivity index (χ1) is 11.4. The van der Waals surface area contributed by atoms with E-state index >= 15 is 0 Å². The van der Waals surface area contributed by atoms with Gasteiger partial charge >= 0.3 is 0 Å². The summed E-state index contributed by atoms with van der Waals surface area (Å²) < 4.78 is 26.1. The van der Waals surface area contributed by atoms with Crippen LogP contribution in [0.3, 0.4) is 0 Å². The maximum absolute atomic E-state index is 13.2. The Morgan fingerprint density at radius 1 is 1.17 bits per heavy atom. The Morgan fingerprint density at radius 3 is 2.42 bits per heavy atom. The van der Waals surface area contributed by atoms with Gasteiger partial charge in [0.1, 0.15) is 0 Å². The lowest BCUT2D eigenvalue weighted by Crippen LogP contribution is -2.24. The summed E-state index contributed by atoms with van der Waals surface area (Å²) in [7, 11) is 0. The van der Waals surface area contributed by atoms with Crippen LogP contribution in [0.2, 0.25) is 0 Å². The Bertz CT molecular complexity index is 789. The van der Waals surface area contributed by atoms with Crippen molar-refractivity contribution in [2.75, 3.05) is 0 Å². The third kappa shape index (κ3) is 4.45. The highest BCUT2D eigenvalue weighted by Crippen LogP contribution is 2.16. The molecule has 2 rings (SSSR count). The first kappa shape index (κ1) is 17.3. The van der Waals surface area contributed by atoms with Crippen LogP contribution in [-0.4, -0.2) is 10.8 Å². The number of nitrogens with zero attached hydrogens (tertiary/aromatic N) is 1. The van der Waals surface area contributed by atoms with Crippen molar-refractivity contribution in [1.82, 2.24) is 5.32 Å². The Balaban J connectivity index is 1.98. The number of nitro groups is 1. The molecule has 24 heavy (non-hydrogen) atoms. The zero-order chi connectivity index (χ0) is 17.7.